The molecule has 1 amide bonds. The molecule has 5 nitrogen and oxygen atoms in total. The average Bonchev–Trinajstić information content (AvgIpc) is 3.23. The monoisotopic (exact) mass is 372 g/mol. The molecule has 0 aliphatic rings. The summed E-state index contributed by atoms with van der Waals surface area (Å²) in [5, 5.41) is 14.1. The van der Waals surface area contributed by atoms with Gasteiger partial charge in [0.05, 0.1) is 10.6 Å². The average molecular weight is 373 g/mol. The van der Waals surface area contributed by atoms with E-state index in [-0.39, 0.29) is 5.91 Å². The van der Waals surface area contributed by atoms with Gasteiger partial charge in [0.1, 0.15) is 0 Å². The van der Waals surface area contributed by atoms with Crippen LogP contribution in [0.2, 0.25) is 0 Å². The maximum absolute atomic E-state index is 12.2. The van der Waals surface area contributed by atoms with Crippen LogP contribution in [0.5, 0.6) is 0 Å². The molecule has 0 bridgehead atoms. The predicted molar refractivity (Wildman–Crippen MR) is 104 cm³/mol. The lowest BCUT2D eigenvalue weighted by Gasteiger charge is -2.09. The van der Waals surface area contributed by atoms with E-state index in [2.05, 4.69) is 35.4 Å². The summed E-state index contributed by atoms with van der Waals surface area (Å²) in [5.41, 5.74) is 2.04. The molecule has 0 fully saturated rings. The molecular weight excluding hydrogens is 352 g/mol. The fourth-order valence-corrected chi connectivity index (χ4v) is 3.82. The lowest BCUT2D eigenvalue weighted by atomic mass is 10.0. The van der Waals surface area contributed by atoms with E-state index in [0.717, 1.165) is 21.5 Å². The van der Waals surface area contributed by atoms with Gasteiger partial charge in [-0.05, 0) is 35.1 Å². The number of aromatic nitrogens is 3. The van der Waals surface area contributed by atoms with Gasteiger partial charge in [-0.3, -0.25) is 4.79 Å². The SMILES string of the molecule is CC(C)c1cccc(NC(=O)CSc2nnc(-c3cccs3)n2C)c1. The van der Waals surface area contributed by atoms with Crippen molar-refractivity contribution in [2.75, 3.05) is 11.1 Å². The van der Waals surface area contributed by atoms with Crippen LogP contribution < -0.4 is 5.32 Å². The second-order valence-corrected chi connectivity index (χ2v) is 7.85. The lowest BCUT2D eigenvalue weighted by molar-refractivity contribution is -0.113. The Morgan fingerprint density at radius 1 is 1.28 bits per heavy atom. The molecule has 3 aromatic rings. The third kappa shape index (κ3) is 4.29. The summed E-state index contributed by atoms with van der Waals surface area (Å²) in [5.74, 6) is 1.50. The van der Waals surface area contributed by atoms with Crippen LogP contribution in [-0.4, -0.2) is 26.4 Å². The number of nitrogens with one attached hydrogen (secondary N) is 1. The summed E-state index contributed by atoms with van der Waals surface area (Å²) in [6.07, 6.45) is 0. The summed E-state index contributed by atoms with van der Waals surface area (Å²) in [4.78, 5) is 13.3. The van der Waals surface area contributed by atoms with Crippen LogP contribution in [0.3, 0.4) is 0 Å². The number of nitrogens with zero attached hydrogens (tertiary/aromatic N) is 3. The number of amides is 1. The Labute approximate surface area is 155 Å². The third-order valence-corrected chi connectivity index (χ3v) is 5.63. The van der Waals surface area contributed by atoms with Crippen molar-refractivity contribution in [3.63, 3.8) is 0 Å². The summed E-state index contributed by atoms with van der Waals surface area (Å²) in [6, 6.07) is 12.0. The Kier molecular flexibility index (Phi) is 5.55. The highest BCUT2D eigenvalue weighted by Gasteiger charge is 2.13. The zero-order chi connectivity index (χ0) is 17.8. The molecule has 25 heavy (non-hydrogen) atoms. The van der Waals surface area contributed by atoms with Gasteiger partial charge in [0, 0.05) is 12.7 Å². The standard InChI is InChI=1S/C18H20N4OS2/c1-12(2)13-6-4-7-14(10-13)19-16(23)11-25-18-21-20-17(22(18)3)15-8-5-9-24-15/h4-10,12H,11H2,1-3H3,(H,19,23). The van der Waals surface area contributed by atoms with E-state index in [4.69, 9.17) is 0 Å². The van der Waals surface area contributed by atoms with Crippen molar-refractivity contribution in [1.29, 1.82) is 0 Å². The zero-order valence-electron chi connectivity index (χ0n) is 14.4. The van der Waals surface area contributed by atoms with Crippen molar-refractivity contribution < 1.29 is 4.79 Å². The maximum Gasteiger partial charge on any atom is 0.234 e. The summed E-state index contributed by atoms with van der Waals surface area (Å²) < 4.78 is 1.92. The highest BCUT2D eigenvalue weighted by atomic mass is 32.2. The summed E-state index contributed by atoms with van der Waals surface area (Å²) in [7, 11) is 1.92. The molecular formula is C18H20N4OS2. The molecule has 0 atom stereocenters. The van der Waals surface area contributed by atoms with Gasteiger partial charge in [-0.25, -0.2) is 0 Å². The molecule has 0 aliphatic carbocycles. The van der Waals surface area contributed by atoms with E-state index in [0.29, 0.717) is 11.7 Å². The number of hydrogen-bond acceptors (Lipinski definition) is 5. The molecule has 0 unspecified atom stereocenters. The molecule has 0 saturated carbocycles. The topological polar surface area (TPSA) is 59.8 Å². The number of carbonyl (C=O) groups excluding carboxylic acids is 1. The number of carbonyl (C=O) groups is 1. The first-order chi connectivity index (χ1) is 12.0. The molecule has 1 N–H and O–H groups in total. The number of benzene rings is 1. The van der Waals surface area contributed by atoms with Gasteiger partial charge < -0.3 is 9.88 Å². The number of thioether (sulfide) groups is 1. The normalized spacial score (nSPS) is 11.0. The fourth-order valence-electron chi connectivity index (χ4n) is 2.36. The highest BCUT2D eigenvalue weighted by Crippen LogP contribution is 2.26. The van der Waals surface area contributed by atoms with Gasteiger partial charge in [-0.15, -0.1) is 21.5 Å². The van der Waals surface area contributed by atoms with E-state index < -0.39 is 0 Å². The number of thiophene rings is 1. The zero-order valence-corrected chi connectivity index (χ0v) is 16.0. The number of rotatable bonds is 6. The minimum Gasteiger partial charge on any atom is -0.325 e. The van der Waals surface area contributed by atoms with Crippen LogP contribution in [0, 0.1) is 0 Å². The molecule has 130 valence electrons. The smallest absolute Gasteiger partial charge is 0.234 e. The van der Waals surface area contributed by atoms with Crippen molar-refractivity contribution in [1.82, 2.24) is 14.8 Å². The second-order valence-electron chi connectivity index (χ2n) is 5.96. The van der Waals surface area contributed by atoms with Crippen LogP contribution in [0.1, 0.15) is 25.3 Å². The summed E-state index contributed by atoms with van der Waals surface area (Å²) in [6.45, 7) is 4.27. The first-order valence-electron chi connectivity index (χ1n) is 8.00. The van der Waals surface area contributed by atoms with Gasteiger partial charge in [0.2, 0.25) is 5.91 Å². The van der Waals surface area contributed by atoms with Crippen molar-refractivity contribution >= 4 is 34.7 Å². The molecule has 0 saturated heterocycles. The minimum absolute atomic E-state index is 0.0495. The Morgan fingerprint density at radius 3 is 2.84 bits per heavy atom. The van der Waals surface area contributed by atoms with Crippen LogP contribution in [0.25, 0.3) is 10.7 Å². The predicted octanol–water partition coefficient (Wildman–Crippen LogP) is 4.40. The number of hydrogen-bond donors (Lipinski definition) is 1. The van der Waals surface area contributed by atoms with Gasteiger partial charge >= 0.3 is 0 Å². The van der Waals surface area contributed by atoms with E-state index in [1.165, 1.54) is 17.3 Å². The van der Waals surface area contributed by atoms with Crippen molar-refractivity contribution in [3.05, 3.63) is 47.3 Å². The molecule has 2 heterocycles. The fraction of sp³-hybridized carbons (Fsp3) is 0.278. The molecule has 2 aromatic heterocycles. The van der Waals surface area contributed by atoms with E-state index in [1.807, 2.05) is 47.3 Å². The molecule has 0 radical (unpaired) electrons. The van der Waals surface area contributed by atoms with E-state index in [1.54, 1.807) is 11.3 Å². The van der Waals surface area contributed by atoms with Crippen molar-refractivity contribution in [3.8, 4) is 10.7 Å². The molecule has 0 spiro atoms. The third-order valence-electron chi connectivity index (χ3n) is 3.75. The first kappa shape index (κ1) is 17.7. The van der Waals surface area contributed by atoms with Crippen LogP contribution in [0.15, 0.2) is 46.9 Å². The van der Waals surface area contributed by atoms with Gasteiger partial charge in [-0.2, -0.15) is 0 Å². The quantitative estimate of drug-likeness (QED) is 0.652. The Bertz CT molecular complexity index is 856. The minimum atomic E-state index is -0.0495. The number of anilines is 1. The van der Waals surface area contributed by atoms with E-state index in [9.17, 15) is 4.79 Å². The van der Waals surface area contributed by atoms with Crippen molar-refractivity contribution in [2.45, 2.75) is 24.9 Å². The highest BCUT2D eigenvalue weighted by molar-refractivity contribution is 7.99. The molecule has 3 rings (SSSR count). The molecule has 1 aromatic carbocycles. The Balaban J connectivity index is 1.60. The van der Waals surface area contributed by atoms with Crippen LogP contribution in [-0.2, 0) is 11.8 Å². The van der Waals surface area contributed by atoms with Gasteiger partial charge in [0.15, 0.2) is 11.0 Å². The second kappa shape index (κ2) is 7.84. The van der Waals surface area contributed by atoms with Crippen LogP contribution >= 0.6 is 23.1 Å². The maximum atomic E-state index is 12.2. The lowest BCUT2D eigenvalue weighted by Crippen LogP contribution is -2.14. The Morgan fingerprint density at radius 2 is 2.12 bits per heavy atom. The van der Waals surface area contributed by atoms with Gasteiger partial charge in [-0.1, -0.05) is 43.8 Å². The molecule has 7 heteroatoms. The largest absolute Gasteiger partial charge is 0.325 e. The Hall–Kier alpha value is -2.12. The van der Waals surface area contributed by atoms with E-state index >= 15 is 0 Å². The first-order valence-corrected chi connectivity index (χ1v) is 9.87. The van der Waals surface area contributed by atoms with Gasteiger partial charge in [0.25, 0.3) is 0 Å². The summed E-state index contributed by atoms with van der Waals surface area (Å²) >= 11 is 3.01. The van der Waals surface area contributed by atoms with Crippen LogP contribution in [0.4, 0.5) is 5.69 Å². The molecule has 0 aliphatic heterocycles. The van der Waals surface area contributed by atoms with Crippen molar-refractivity contribution in [2.24, 2.45) is 7.05 Å².